The van der Waals surface area contributed by atoms with Crippen molar-refractivity contribution in [2.24, 2.45) is 11.3 Å². The van der Waals surface area contributed by atoms with E-state index in [2.05, 4.69) is 17.2 Å². The summed E-state index contributed by atoms with van der Waals surface area (Å²) in [5, 5.41) is 3.27. The van der Waals surface area contributed by atoms with E-state index in [-0.39, 0.29) is 29.4 Å². The molecule has 1 spiro atoms. The van der Waals surface area contributed by atoms with Gasteiger partial charge in [-0.25, -0.2) is 4.98 Å². The third-order valence-electron chi connectivity index (χ3n) is 7.29. The van der Waals surface area contributed by atoms with Gasteiger partial charge in [0.25, 0.3) is 0 Å². The molecular formula is C25H37F3N2O3. The van der Waals surface area contributed by atoms with E-state index in [1.807, 2.05) is 13.8 Å². The van der Waals surface area contributed by atoms with Crippen molar-refractivity contribution in [1.82, 2.24) is 10.3 Å². The molecule has 2 fully saturated rings. The molecule has 5 nitrogen and oxygen atoms in total. The van der Waals surface area contributed by atoms with Gasteiger partial charge in [0.2, 0.25) is 5.88 Å². The van der Waals surface area contributed by atoms with E-state index < -0.39 is 17.3 Å². The van der Waals surface area contributed by atoms with E-state index in [1.165, 1.54) is 25.3 Å². The zero-order chi connectivity index (χ0) is 24.1. The Bertz CT molecular complexity index is 774. The molecule has 1 N–H and O–H groups in total. The fraction of sp³-hybridized carbons (Fsp3) is 0.760. The number of ether oxygens (including phenoxy) is 2. The average Bonchev–Trinajstić information content (AvgIpc) is 2.76. The minimum absolute atomic E-state index is 0.0903. The summed E-state index contributed by atoms with van der Waals surface area (Å²) in [5.74, 6) is -0.0430. The van der Waals surface area contributed by atoms with Gasteiger partial charge in [-0.1, -0.05) is 46.0 Å². The van der Waals surface area contributed by atoms with Crippen LogP contribution in [0, 0.1) is 11.3 Å². The van der Waals surface area contributed by atoms with Crippen molar-refractivity contribution in [2.45, 2.75) is 103 Å². The lowest BCUT2D eigenvalue weighted by molar-refractivity contribution is -0.186. The average molecular weight is 471 g/mol. The summed E-state index contributed by atoms with van der Waals surface area (Å²) in [7, 11) is 0. The highest BCUT2D eigenvalue weighted by Gasteiger charge is 2.53. The van der Waals surface area contributed by atoms with Crippen LogP contribution in [0.4, 0.5) is 13.2 Å². The second kappa shape index (κ2) is 10.6. The zero-order valence-electron chi connectivity index (χ0n) is 20.0. The summed E-state index contributed by atoms with van der Waals surface area (Å²) in [6.45, 7) is 6.89. The second-order valence-corrected chi connectivity index (χ2v) is 10.1. The molecule has 1 saturated carbocycles. The summed E-state index contributed by atoms with van der Waals surface area (Å²) in [6.07, 6.45) is 5.92. The van der Waals surface area contributed by atoms with Gasteiger partial charge in [-0.3, -0.25) is 10.1 Å². The summed E-state index contributed by atoms with van der Waals surface area (Å²) < 4.78 is 50.1. The molecule has 2 unspecified atom stereocenters. The summed E-state index contributed by atoms with van der Waals surface area (Å²) in [4.78, 5) is 16.4. The lowest BCUT2D eigenvalue weighted by atomic mass is 9.64. The van der Waals surface area contributed by atoms with Gasteiger partial charge in [-0.15, -0.1) is 0 Å². The van der Waals surface area contributed by atoms with Gasteiger partial charge in [-0.05, 0) is 45.1 Å². The number of aromatic nitrogens is 1. The van der Waals surface area contributed by atoms with Crippen LogP contribution in [0.15, 0.2) is 18.3 Å². The summed E-state index contributed by atoms with van der Waals surface area (Å²) in [6, 6.07) is 2.27. The Labute approximate surface area is 194 Å². The van der Waals surface area contributed by atoms with Gasteiger partial charge in [0.15, 0.2) is 6.23 Å². The van der Waals surface area contributed by atoms with E-state index in [9.17, 15) is 18.0 Å². The van der Waals surface area contributed by atoms with E-state index in [4.69, 9.17) is 9.47 Å². The van der Waals surface area contributed by atoms with Gasteiger partial charge in [0.05, 0.1) is 11.5 Å². The van der Waals surface area contributed by atoms with Crippen LogP contribution in [0.1, 0.15) is 90.5 Å². The van der Waals surface area contributed by atoms with Gasteiger partial charge in [-0.2, -0.15) is 13.2 Å². The third kappa shape index (κ3) is 6.61. The number of carbonyl (C=O) groups excluding carboxylic acids is 1. The molecule has 186 valence electrons. The maximum absolute atomic E-state index is 12.7. The quantitative estimate of drug-likeness (QED) is 0.323. The zero-order valence-corrected chi connectivity index (χ0v) is 20.0. The molecular weight excluding hydrogens is 433 g/mol. The van der Waals surface area contributed by atoms with Crippen LogP contribution < -0.4 is 10.1 Å². The molecule has 0 bridgehead atoms. The molecule has 1 aliphatic carbocycles. The van der Waals surface area contributed by atoms with Crippen LogP contribution in [-0.4, -0.2) is 29.3 Å². The monoisotopic (exact) mass is 470 g/mol. The number of carbonyl (C=O) groups is 1. The molecule has 1 aromatic heterocycles. The first-order valence-corrected chi connectivity index (χ1v) is 12.2. The predicted octanol–water partition coefficient (Wildman–Crippen LogP) is 6.27. The van der Waals surface area contributed by atoms with Crippen LogP contribution in [0.2, 0.25) is 0 Å². The highest BCUT2D eigenvalue weighted by Crippen LogP contribution is 2.48. The summed E-state index contributed by atoms with van der Waals surface area (Å²) >= 11 is 0. The molecule has 33 heavy (non-hydrogen) atoms. The van der Waals surface area contributed by atoms with E-state index in [1.54, 1.807) is 0 Å². The Kier molecular flexibility index (Phi) is 8.30. The number of nitrogens with zero attached hydrogens (tertiary/aromatic N) is 1. The highest BCUT2D eigenvalue weighted by molar-refractivity contribution is 5.72. The molecule has 2 aliphatic rings. The van der Waals surface area contributed by atoms with Crippen molar-refractivity contribution in [1.29, 1.82) is 0 Å². The SMILES string of the molecule is CCCCCCCC(C)C(=O)OC1NCC12CCC(C)(Oc1ccc(C(F)(F)F)cn1)CC2. The molecule has 0 amide bonds. The maximum atomic E-state index is 12.7. The standard InChI is InChI=1S/C25H37F3N2O3/c1-4-5-6-7-8-9-18(2)21(31)32-22-24(17-30-22)14-12-23(3,13-15-24)33-20-11-10-19(16-29-20)25(26,27)28/h10-11,16,18,22,30H,4-9,12-15,17H2,1-3H3. The number of unbranched alkanes of at least 4 members (excludes halogenated alkanes) is 4. The van der Waals surface area contributed by atoms with Crippen LogP contribution >= 0.6 is 0 Å². The van der Waals surface area contributed by atoms with Crippen molar-refractivity contribution in [3.8, 4) is 5.88 Å². The number of nitrogens with one attached hydrogen (secondary N) is 1. The highest BCUT2D eigenvalue weighted by atomic mass is 19.4. The molecule has 1 aliphatic heterocycles. The normalized spacial score (nSPS) is 28.2. The summed E-state index contributed by atoms with van der Waals surface area (Å²) in [5.41, 5.74) is -1.39. The van der Waals surface area contributed by atoms with Crippen molar-refractivity contribution >= 4 is 5.97 Å². The first-order chi connectivity index (χ1) is 15.6. The number of halogens is 3. The van der Waals surface area contributed by atoms with E-state index >= 15 is 0 Å². The van der Waals surface area contributed by atoms with E-state index in [0.29, 0.717) is 0 Å². The number of hydrogen-bond acceptors (Lipinski definition) is 5. The molecule has 3 rings (SSSR count). The third-order valence-corrected chi connectivity index (χ3v) is 7.29. The molecule has 2 atom stereocenters. The fourth-order valence-corrected chi connectivity index (χ4v) is 4.72. The number of alkyl halides is 3. The molecule has 1 saturated heterocycles. The lowest BCUT2D eigenvalue weighted by Gasteiger charge is -2.54. The van der Waals surface area contributed by atoms with Gasteiger partial charge in [0, 0.05) is 24.2 Å². The topological polar surface area (TPSA) is 60.5 Å². The number of pyridine rings is 1. The smallest absolute Gasteiger partial charge is 0.417 e. The molecule has 8 heteroatoms. The van der Waals surface area contributed by atoms with Gasteiger partial charge >= 0.3 is 12.1 Å². The lowest BCUT2D eigenvalue weighted by Crippen LogP contribution is -2.66. The minimum Gasteiger partial charge on any atom is -0.471 e. The Morgan fingerprint density at radius 2 is 1.88 bits per heavy atom. The Morgan fingerprint density at radius 1 is 1.18 bits per heavy atom. The van der Waals surface area contributed by atoms with Crippen LogP contribution in [0.25, 0.3) is 0 Å². The Balaban J connectivity index is 1.46. The van der Waals surface area contributed by atoms with Crippen molar-refractivity contribution in [3.05, 3.63) is 23.9 Å². The number of rotatable bonds is 10. The van der Waals surface area contributed by atoms with Crippen LogP contribution in [0.3, 0.4) is 0 Å². The predicted molar refractivity (Wildman–Crippen MR) is 120 cm³/mol. The molecule has 2 heterocycles. The first-order valence-electron chi connectivity index (χ1n) is 12.2. The van der Waals surface area contributed by atoms with Crippen LogP contribution in [0.5, 0.6) is 5.88 Å². The minimum atomic E-state index is -4.41. The molecule has 0 aromatic carbocycles. The first kappa shape index (κ1) is 25.8. The van der Waals surface area contributed by atoms with Crippen molar-refractivity contribution in [2.75, 3.05) is 6.54 Å². The molecule has 0 radical (unpaired) electrons. The fourth-order valence-electron chi connectivity index (χ4n) is 4.72. The van der Waals surface area contributed by atoms with Crippen LogP contribution in [-0.2, 0) is 15.7 Å². The number of hydrogen-bond donors (Lipinski definition) is 1. The van der Waals surface area contributed by atoms with Gasteiger partial charge < -0.3 is 9.47 Å². The van der Waals surface area contributed by atoms with Gasteiger partial charge in [0.1, 0.15) is 5.60 Å². The van der Waals surface area contributed by atoms with E-state index in [0.717, 1.165) is 63.8 Å². The Hall–Kier alpha value is -1.83. The number of esters is 1. The largest absolute Gasteiger partial charge is 0.471 e. The van der Waals surface area contributed by atoms with Crippen molar-refractivity contribution in [3.63, 3.8) is 0 Å². The Morgan fingerprint density at radius 3 is 2.42 bits per heavy atom. The van der Waals surface area contributed by atoms with Crippen molar-refractivity contribution < 1.29 is 27.4 Å². The second-order valence-electron chi connectivity index (χ2n) is 10.1. The maximum Gasteiger partial charge on any atom is 0.417 e. The molecule has 1 aromatic rings.